The average Bonchev–Trinajstić information content (AvgIpc) is 3.39. The first-order valence-corrected chi connectivity index (χ1v) is 11.3. The highest BCUT2D eigenvalue weighted by atomic mass is 32.2. The first kappa shape index (κ1) is 20.4. The molecule has 1 aromatic carbocycles. The molecule has 1 saturated heterocycles. The van der Waals surface area contributed by atoms with Crippen LogP contribution in [0.25, 0.3) is 5.00 Å². The van der Waals surface area contributed by atoms with Crippen LogP contribution in [-0.4, -0.2) is 69.5 Å². The van der Waals surface area contributed by atoms with Crippen molar-refractivity contribution in [2.24, 2.45) is 0 Å². The van der Waals surface area contributed by atoms with Gasteiger partial charge in [-0.2, -0.15) is 13.7 Å². The number of benzene rings is 1. The lowest BCUT2D eigenvalue weighted by atomic mass is 10.3. The summed E-state index contributed by atoms with van der Waals surface area (Å²) in [4.78, 5) is 26.0. The Morgan fingerprint density at radius 2 is 1.80 bits per heavy atom. The first-order chi connectivity index (χ1) is 14.4. The smallest absolute Gasteiger partial charge is 0.338 e. The van der Waals surface area contributed by atoms with Gasteiger partial charge in [0.1, 0.15) is 22.3 Å². The third-order valence-corrected chi connectivity index (χ3v) is 7.46. The topological polar surface area (TPSA) is 110 Å². The Bertz CT molecular complexity index is 1210. The summed E-state index contributed by atoms with van der Waals surface area (Å²) >= 11 is 1.31. The minimum absolute atomic E-state index is 0.0270. The summed E-state index contributed by atoms with van der Waals surface area (Å²) in [5.74, 6) is -1.19. The molecule has 0 saturated carbocycles. The number of hydrogen-bond donors (Lipinski definition) is 0. The van der Waals surface area contributed by atoms with E-state index in [9.17, 15) is 22.4 Å². The maximum atomic E-state index is 13.9. The third kappa shape index (κ3) is 3.78. The fourth-order valence-corrected chi connectivity index (χ4v) is 5.26. The Balaban J connectivity index is 1.41. The van der Waals surface area contributed by atoms with Crippen LogP contribution in [0.4, 0.5) is 4.39 Å². The fraction of sp³-hybridized carbons (Fsp3) is 0.294. The molecular weight excluding hydrogens is 435 g/mol. The molecule has 2 aromatic heterocycles. The van der Waals surface area contributed by atoms with Gasteiger partial charge in [-0.1, -0.05) is 12.1 Å². The fourth-order valence-electron chi connectivity index (χ4n) is 3.10. The average molecular weight is 452 g/mol. The van der Waals surface area contributed by atoms with Crippen LogP contribution < -0.4 is 5.69 Å². The highest BCUT2D eigenvalue weighted by Crippen LogP contribution is 2.20. The van der Waals surface area contributed by atoms with E-state index >= 15 is 0 Å². The molecule has 0 unspecified atom stereocenters. The van der Waals surface area contributed by atoms with E-state index in [1.165, 1.54) is 34.4 Å². The van der Waals surface area contributed by atoms with Crippen molar-refractivity contribution in [2.45, 2.75) is 11.4 Å². The lowest BCUT2D eigenvalue weighted by Gasteiger charge is -2.33. The summed E-state index contributed by atoms with van der Waals surface area (Å²) in [6.45, 7) is 0.00329. The molecule has 0 atom stereocenters. The molecule has 0 aliphatic carbocycles. The van der Waals surface area contributed by atoms with E-state index in [-0.39, 0.29) is 43.5 Å². The summed E-state index contributed by atoms with van der Waals surface area (Å²) in [5.41, 5.74) is -0.536. The van der Waals surface area contributed by atoms with E-state index in [4.69, 9.17) is 0 Å². The molecule has 4 rings (SSSR count). The molecule has 0 spiro atoms. The SMILES string of the molecule is O=C(Cn1nnn(-c2cccs2)c1=O)N1CCN(S(=O)(=O)c2ccccc2F)CC1. The number of piperazine rings is 1. The zero-order chi connectivity index (χ0) is 21.3. The Morgan fingerprint density at radius 1 is 1.07 bits per heavy atom. The van der Waals surface area contributed by atoms with Crippen LogP contribution in [0.1, 0.15) is 0 Å². The Kier molecular flexibility index (Phi) is 5.49. The van der Waals surface area contributed by atoms with Gasteiger partial charge in [0.2, 0.25) is 15.9 Å². The summed E-state index contributed by atoms with van der Waals surface area (Å²) < 4.78 is 42.4. The standard InChI is InChI=1S/C17H17FN6O4S2/c18-13-4-1-2-5-14(13)30(27,28)22-9-7-21(8-10-22)15(25)12-23-17(26)24(20-19-23)16-6-3-11-29-16/h1-6,11H,7-10,12H2. The highest BCUT2D eigenvalue weighted by molar-refractivity contribution is 7.89. The van der Waals surface area contributed by atoms with E-state index in [1.807, 2.05) is 0 Å². The van der Waals surface area contributed by atoms with Crippen molar-refractivity contribution in [3.63, 3.8) is 0 Å². The van der Waals surface area contributed by atoms with Crippen molar-refractivity contribution in [1.82, 2.24) is 29.0 Å². The van der Waals surface area contributed by atoms with Crippen LogP contribution >= 0.6 is 11.3 Å². The summed E-state index contributed by atoms with van der Waals surface area (Å²) in [6.07, 6.45) is 0. The van der Waals surface area contributed by atoms with Gasteiger partial charge in [0.15, 0.2) is 0 Å². The lowest BCUT2D eigenvalue weighted by Crippen LogP contribution is -2.51. The molecule has 158 valence electrons. The maximum Gasteiger partial charge on any atom is 0.369 e. The van der Waals surface area contributed by atoms with Crippen molar-refractivity contribution < 1.29 is 17.6 Å². The molecule has 1 aliphatic rings. The number of hydrogen-bond acceptors (Lipinski definition) is 7. The van der Waals surface area contributed by atoms with Crippen LogP contribution in [0.3, 0.4) is 0 Å². The number of rotatable bonds is 5. The number of aromatic nitrogens is 4. The Hall–Kier alpha value is -2.90. The summed E-state index contributed by atoms with van der Waals surface area (Å²) in [7, 11) is -3.99. The lowest BCUT2D eigenvalue weighted by molar-refractivity contribution is -0.133. The summed E-state index contributed by atoms with van der Waals surface area (Å²) in [5, 5.41) is 9.90. The van der Waals surface area contributed by atoms with Gasteiger partial charge in [0, 0.05) is 26.2 Å². The molecule has 10 nitrogen and oxygen atoms in total. The van der Waals surface area contributed by atoms with Crippen molar-refractivity contribution in [1.29, 1.82) is 0 Å². The van der Waals surface area contributed by atoms with Crippen LogP contribution in [-0.2, 0) is 21.4 Å². The van der Waals surface area contributed by atoms with Crippen LogP contribution in [0.15, 0.2) is 51.5 Å². The number of carbonyl (C=O) groups excluding carboxylic acids is 1. The minimum Gasteiger partial charge on any atom is -0.338 e. The number of sulfonamides is 1. The van der Waals surface area contributed by atoms with Gasteiger partial charge in [-0.15, -0.1) is 11.3 Å². The second-order valence-electron chi connectivity index (χ2n) is 6.50. The highest BCUT2D eigenvalue weighted by Gasteiger charge is 2.32. The molecule has 13 heteroatoms. The van der Waals surface area contributed by atoms with Crippen LogP contribution in [0.5, 0.6) is 0 Å². The molecular formula is C17H17FN6O4S2. The molecule has 3 heterocycles. The van der Waals surface area contributed by atoms with Crippen molar-refractivity contribution in [3.05, 3.63) is 58.1 Å². The number of thiophene rings is 1. The molecule has 1 aliphatic heterocycles. The van der Waals surface area contributed by atoms with E-state index < -0.39 is 21.5 Å². The maximum absolute atomic E-state index is 13.9. The number of carbonyl (C=O) groups is 1. The van der Waals surface area contributed by atoms with Crippen molar-refractivity contribution in [3.8, 4) is 5.00 Å². The number of halogens is 1. The monoisotopic (exact) mass is 452 g/mol. The zero-order valence-corrected chi connectivity index (χ0v) is 17.2. The molecule has 3 aromatic rings. The van der Waals surface area contributed by atoms with E-state index in [1.54, 1.807) is 17.5 Å². The van der Waals surface area contributed by atoms with Gasteiger partial charge in [0.25, 0.3) is 0 Å². The second-order valence-corrected chi connectivity index (χ2v) is 9.33. The van der Waals surface area contributed by atoms with Gasteiger partial charge in [-0.05, 0) is 40.1 Å². The van der Waals surface area contributed by atoms with E-state index in [2.05, 4.69) is 10.4 Å². The number of nitrogens with zero attached hydrogens (tertiary/aromatic N) is 6. The van der Waals surface area contributed by atoms with Gasteiger partial charge in [-0.3, -0.25) is 4.79 Å². The first-order valence-electron chi connectivity index (χ1n) is 8.97. The normalized spacial score (nSPS) is 15.4. The van der Waals surface area contributed by atoms with Crippen LogP contribution in [0.2, 0.25) is 0 Å². The van der Waals surface area contributed by atoms with Gasteiger partial charge in [-0.25, -0.2) is 17.6 Å². The van der Waals surface area contributed by atoms with E-state index in [0.717, 1.165) is 19.7 Å². The number of tetrazole rings is 1. The predicted molar refractivity (Wildman–Crippen MR) is 105 cm³/mol. The second kappa shape index (κ2) is 8.08. The minimum atomic E-state index is -3.99. The largest absolute Gasteiger partial charge is 0.369 e. The van der Waals surface area contributed by atoms with Crippen molar-refractivity contribution in [2.75, 3.05) is 26.2 Å². The molecule has 1 fully saturated rings. The zero-order valence-electron chi connectivity index (χ0n) is 15.6. The summed E-state index contributed by atoms with van der Waals surface area (Å²) in [6, 6.07) is 8.66. The van der Waals surface area contributed by atoms with Gasteiger partial charge >= 0.3 is 5.69 Å². The molecule has 30 heavy (non-hydrogen) atoms. The Labute approximate surface area is 174 Å². The van der Waals surface area contributed by atoms with Crippen LogP contribution in [0, 0.1) is 5.82 Å². The molecule has 1 amide bonds. The number of amides is 1. The molecule has 0 radical (unpaired) electrons. The predicted octanol–water partition coefficient (Wildman–Crippen LogP) is 0.163. The molecule has 0 bridgehead atoms. The van der Waals surface area contributed by atoms with Gasteiger partial charge in [0.05, 0.1) is 0 Å². The van der Waals surface area contributed by atoms with Gasteiger partial charge < -0.3 is 4.90 Å². The Morgan fingerprint density at radius 3 is 2.47 bits per heavy atom. The van der Waals surface area contributed by atoms with Crippen molar-refractivity contribution >= 4 is 27.3 Å². The third-order valence-electron chi connectivity index (χ3n) is 4.69. The quantitative estimate of drug-likeness (QED) is 0.546. The van der Waals surface area contributed by atoms with E-state index in [0.29, 0.717) is 5.00 Å². The molecule has 0 N–H and O–H groups in total.